The molecule has 0 unspecified atom stereocenters. The van der Waals surface area contributed by atoms with Gasteiger partial charge in [-0.25, -0.2) is 15.3 Å². The molecular formula is C19H24N5OS+. The van der Waals surface area contributed by atoms with E-state index in [0.29, 0.717) is 23.4 Å². The molecule has 0 aliphatic heterocycles. The van der Waals surface area contributed by atoms with Crippen LogP contribution in [0.25, 0.3) is 11.2 Å². The number of aromatic nitrogens is 4. The number of aromatic amines is 2. The molecule has 1 aliphatic carbocycles. The molecule has 7 heteroatoms. The van der Waals surface area contributed by atoms with Crippen LogP contribution in [-0.2, 0) is 0 Å². The van der Waals surface area contributed by atoms with E-state index in [1.807, 2.05) is 12.1 Å². The summed E-state index contributed by atoms with van der Waals surface area (Å²) in [5.74, 6) is 1.96. The number of hydrogen-bond donors (Lipinski definition) is 2. The predicted octanol–water partition coefficient (Wildman–Crippen LogP) is 4.20. The molecule has 1 fully saturated rings. The lowest BCUT2D eigenvalue weighted by molar-refractivity contribution is -0.380. The zero-order valence-corrected chi connectivity index (χ0v) is 15.7. The number of benzene rings is 1. The van der Waals surface area contributed by atoms with Crippen LogP contribution in [0.5, 0.6) is 5.88 Å². The summed E-state index contributed by atoms with van der Waals surface area (Å²) in [6.07, 6.45) is 10.2. The average molecular weight is 371 g/mol. The van der Waals surface area contributed by atoms with E-state index in [1.165, 1.54) is 37.0 Å². The number of ether oxygens (including phenoxy) is 1. The van der Waals surface area contributed by atoms with Crippen molar-refractivity contribution >= 4 is 34.6 Å². The molecule has 2 heterocycles. The summed E-state index contributed by atoms with van der Waals surface area (Å²) in [4.78, 5) is 16.4. The fourth-order valence-corrected chi connectivity index (χ4v) is 3.86. The molecule has 0 spiro atoms. The van der Waals surface area contributed by atoms with E-state index in [4.69, 9.17) is 4.74 Å². The van der Waals surface area contributed by atoms with Gasteiger partial charge in [-0.15, -0.1) is 11.8 Å². The normalized spacial score (nSPS) is 15.3. The first-order valence-corrected chi connectivity index (χ1v) is 10.3. The third kappa shape index (κ3) is 3.93. The number of nitrogens with one attached hydrogen (secondary N) is 3. The lowest BCUT2D eigenvalue weighted by atomic mass is 9.90. The van der Waals surface area contributed by atoms with Crippen LogP contribution in [0.1, 0.15) is 32.1 Å². The van der Waals surface area contributed by atoms with Gasteiger partial charge in [0.15, 0.2) is 5.52 Å². The Balaban J connectivity index is 1.55. The van der Waals surface area contributed by atoms with Crippen LogP contribution in [-0.4, -0.2) is 27.8 Å². The van der Waals surface area contributed by atoms with Gasteiger partial charge in [0, 0.05) is 4.90 Å². The molecule has 6 nitrogen and oxygen atoms in total. The van der Waals surface area contributed by atoms with Crippen molar-refractivity contribution in [3.63, 3.8) is 0 Å². The molecule has 26 heavy (non-hydrogen) atoms. The molecule has 3 N–H and O–H groups in total. The van der Waals surface area contributed by atoms with Crippen LogP contribution in [0.4, 0.5) is 11.6 Å². The standard InChI is InChI=1S/C19H23N5OS/c1-26-15-9-5-8-14(10-15)22-19-23-17-16(20-12-21-17)18(24-19)25-11-13-6-3-2-4-7-13/h5,8-10,12-13H,2-4,6-7,11H2,1H3,(H2,20,21,22,23,24)/p+1. The van der Waals surface area contributed by atoms with Gasteiger partial charge in [-0.3, -0.25) is 0 Å². The summed E-state index contributed by atoms with van der Waals surface area (Å²) in [6.45, 7) is 0.732. The second-order valence-electron chi connectivity index (χ2n) is 6.69. The van der Waals surface area contributed by atoms with Gasteiger partial charge < -0.3 is 9.72 Å². The molecule has 1 saturated carbocycles. The second kappa shape index (κ2) is 7.95. The Labute approximate surface area is 157 Å². The van der Waals surface area contributed by atoms with Crippen LogP contribution in [0.2, 0.25) is 0 Å². The van der Waals surface area contributed by atoms with Crippen molar-refractivity contribution in [2.45, 2.75) is 37.0 Å². The van der Waals surface area contributed by atoms with Crippen molar-refractivity contribution in [1.29, 1.82) is 0 Å². The SMILES string of the molecule is CSc1cccc(Nc2nc3nc[nH]c3c(OCC3CCCCC3)[nH+]2)c1. The molecule has 4 rings (SSSR count). The first kappa shape index (κ1) is 17.1. The zero-order valence-electron chi connectivity index (χ0n) is 14.9. The van der Waals surface area contributed by atoms with E-state index in [-0.39, 0.29) is 0 Å². The van der Waals surface area contributed by atoms with E-state index in [1.54, 1.807) is 18.1 Å². The average Bonchev–Trinajstić information content (AvgIpc) is 3.16. The zero-order chi connectivity index (χ0) is 17.8. The Hall–Kier alpha value is -2.28. The molecule has 3 aromatic rings. The largest absolute Gasteiger partial charge is 0.466 e. The maximum atomic E-state index is 6.13. The highest BCUT2D eigenvalue weighted by atomic mass is 32.2. The van der Waals surface area contributed by atoms with Crippen molar-refractivity contribution in [3.8, 4) is 5.88 Å². The van der Waals surface area contributed by atoms with Crippen molar-refractivity contribution in [2.75, 3.05) is 18.2 Å². The van der Waals surface area contributed by atoms with Gasteiger partial charge in [-0.05, 0) is 48.2 Å². The third-order valence-electron chi connectivity index (χ3n) is 4.82. The molecule has 0 radical (unpaired) electrons. The predicted molar refractivity (Wildman–Crippen MR) is 104 cm³/mol. The number of fused-ring (bicyclic) bond motifs is 1. The Bertz CT molecular complexity index is 875. The van der Waals surface area contributed by atoms with Crippen LogP contribution in [0.3, 0.4) is 0 Å². The highest BCUT2D eigenvalue weighted by Gasteiger charge is 2.20. The molecule has 0 amide bonds. The number of thioether (sulfide) groups is 1. The van der Waals surface area contributed by atoms with Gasteiger partial charge in [0.05, 0.1) is 12.9 Å². The van der Waals surface area contributed by atoms with Gasteiger partial charge in [0.1, 0.15) is 5.69 Å². The monoisotopic (exact) mass is 370 g/mol. The number of anilines is 2. The molecular weight excluding hydrogens is 346 g/mol. The summed E-state index contributed by atoms with van der Waals surface area (Å²) in [5, 5.41) is 3.33. The van der Waals surface area contributed by atoms with Crippen LogP contribution in [0.15, 0.2) is 35.5 Å². The Morgan fingerprint density at radius 1 is 1.31 bits per heavy atom. The minimum Gasteiger partial charge on any atom is -0.466 e. The van der Waals surface area contributed by atoms with E-state index in [0.717, 1.165) is 17.8 Å². The molecule has 1 aromatic carbocycles. The van der Waals surface area contributed by atoms with Gasteiger partial charge >= 0.3 is 5.95 Å². The first-order valence-electron chi connectivity index (χ1n) is 9.12. The van der Waals surface area contributed by atoms with E-state index < -0.39 is 0 Å². The number of nitrogens with zero attached hydrogens (tertiary/aromatic N) is 2. The fraction of sp³-hybridized carbons (Fsp3) is 0.421. The minimum absolute atomic E-state index is 0.626. The van der Waals surface area contributed by atoms with E-state index in [2.05, 4.69) is 43.6 Å². The van der Waals surface area contributed by atoms with Crippen LogP contribution >= 0.6 is 11.8 Å². The Morgan fingerprint density at radius 2 is 2.19 bits per heavy atom. The van der Waals surface area contributed by atoms with Gasteiger partial charge in [-0.2, -0.15) is 0 Å². The third-order valence-corrected chi connectivity index (χ3v) is 5.54. The van der Waals surface area contributed by atoms with Crippen molar-refractivity contribution in [1.82, 2.24) is 15.0 Å². The molecule has 2 aromatic heterocycles. The summed E-state index contributed by atoms with van der Waals surface area (Å²) in [6, 6.07) is 8.23. The smallest absolute Gasteiger partial charge is 0.399 e. The first-order chi connectivity index (χ1) is 12.8. The van der Waals surface area contributed by atoms with Crippen molar-refractivity contribution in [3.05, 3.63) is 30.6 Å². The van der Waals surface area contributed by atoms with Gasteiger partial charge in [0.2, 0.25) is 0 Å². The lowest BCUT2D eigenvalue weighted by Crippen LogP contribution is -2.21. The van der Waals surface area contributed by atoms with Gasteiger partial charge in [0.25, 0.3) is 11.5 Å². The maximum absolute atomic E-state index is 6.13. The summed E-state index contributed by atoms with van der Waals surface area (Å²) < 4.78 is 6.13. The summed E-state index contributed by atoms with van der Waals surface area (Å²) in [5.41, 5.74) is 2.43. The summed E-state index contributed by atoms with van der Waals surface area (Å²) >= 11 is 1.71. The fourth-order valence-electron chi connectivity index (χ4n) is 3.40. The molecule has 0 saturated heterocycles. The Morgan fingerprint density at radius 3 is 3.04 bits per heavy atom. The van der Waals surface area contributed by atoms with Gasteiger partial charge in [-0.1, -0.05) is 25.3 Å². The topological polar surface area (TPSA) is 77.0 Å². The molecule has 0 atom stereocenters. The number of imidazole rings is 1. The minimum atomic E-state index is 0.626. The van der Waals surface area contributed by atoms with E-state index in [9.17, 15) is 0 Å². The number of rotatable bonds is 6. The molecule has 1 aliphatic rings. The summed E-state index contributed by atoms with van der Waals surface area (Å²) in [7, 11) is 0. The van der Waals surface area contributed by atoms with Crippen LogP contribution in [0, 0.1) is 5.92 Å². The Kier molecular flexibility index (Phi) is 5.24. The van der Waals surface area contributed by atoms with Crippen molar-refractivity contribution in [2.24, 2.45) is 5.92 Å². The van der Waals surface area contributed by atoms with Crippen LogP contribution < -0.4 is 15.0 Å². The molecule has 0 bridgehead atoms. The van der Waals surface area contributed by atoms with Crippen molar-refractivity contribution < 1.29 is 9.72 Å². The highest BCUT2D eigenvalue weighted by molar-refractivity contribution is 7.98. The second-order valence-corrected chi connectivity index (χ2v) is 7.57. The maximum Gasteiger partial charge on any atom is 0.399 e. The quantitative estimate of drug-likeness (QED) is 0.636. The number of hydrogen-bond acceptors (Lipinski definition) is 5. The lowest BCUT2D eigenvalue weighted by Gasteiger charge is -2.21. The number of H-pyrrole nitrogens is 2. The van der Waals surface area contributed by atoms with E-state index >= 15 is 0 Å². The molecule has 136 valence electrons. The highest BCUT2D eigenvalue weighted by Crippen LogP contribution is 2.26.